The minimum atomic E-state index is 0.564. The summed E-state index contributed by atoms with van der Waals surface area (Å²) in [6.45, 7) is 4.13. The number of methoxy groups -OCH3 is 2. The van der Waals surface area contributed by atoms with Crippen LogP contribution in [0.3, 0.4) is 0 Å². The SMILES string of the molecule is CCOc1c(OC)cc(CNCCc2c[nH]c3ccccc23)cc1OC. The standard InChI is InChI=1S/C21H26N2O3/c1-4-26-21-19(24-2)11-15(12-20(21)25-3)13-22-10-9-16-14-23-18-8-6-5-7-17(16)18/h5-8,11-12,14,22-23H,4,9-10,13H2,1-3H3. The highest BCUT2D eigenvalue weighted by Crippen LogP contribution is 2.38. The molecule has 0 saturated heterocycles. The number of ether oxygens (including phenoxy) is 3. The Morgan fingerprint density at radius 1 is 1.04 bits per heavy atom. The summed E-state index contributed by atoms with van der Waals surface area (Å²) >= 11 is 0. The van der Waals surface area contributed by atoms with Crippen LogP contribution in [0.15, 0.2) is 42.6 Å². The molecule has 0 atom stereocenters. The van der Waals surface area contributed by atoms with Crippen LogP contribution in [0.4, 0.5) is 0 Å². The van der Waals surface area contributed by atoms with Crippen LogP contribution in [-0.2, 0) is 13.0 Å². The smallest absolute Gasteiger partial charge is 0.203 e. The molecule has 1 aromatic heterocycles. The highest BCUT2D eigenvalue weighted by molar-refractivity contribution is 5.83. The third-order valence-corrected chi connectivity index (χ3v) is 4.38. The average Bonchev–Trinajstić information content (AvgIpc) is 3.09. The maximum atomic E-state index is 5.65. The molecule has 3 aromatic rings. The Morgan fingerprint density at radius 2 is 1.77 bits per heavy atom. The molecule has 0 aliphatic rings. The molecular weight excluding hydrogens is 328 g/mol. The quantitative estimate of drug-likeness (QED) is 0.572. The van der Waals surface area contributed by atoms with E-state index in [-0.39, 0.29) is 0 Å². The van der Waals surface area contributed by atoms with Gasteiger partial charge in [-0.1, -0.05) is 18.2 Å². The third kappa shape index (κ3) is 3.94. The first-order valence-corrected chi connectivity index (χ1v) is 8.90. The van der Waals surface area contributed by atoms with E-state index in [1.165, 1.54) is 16.5 Å². The predicted molar refractivity (Wildman–Crippen MR) is 104 cm³/mol. The van der Waals surface area contributed by atoms with Crippen molar-refractivity contribution < 1.29 is 14.2 Å². The van der Waals surface area contributed by atoms with Gasteiger partial charge in [-0.3, -0.25) is 0 Å². The third-order valence-electron chi connectivity index (χ3n) is 4.38. The lowest BCUT2D eigenvalue weighted by Crippen LogP contribution is -2.16. The van der Waals surface area contributed by atoms with Crippen molar-refractivity contribution in [1.29, 1.82) is 0 Å². The molecule has 2 N–H and O–H groups in total. The van der Waals surface area contributed by atoms with Gasteiger partial charge >= 0.3 is 0 Å². The van der Waals surface area contributed by atoms with Gasteiger partial charge in [0.05, 0.1) is 20.8 Å². The number of nitrogens with one attached hydrogen (secondary N) is 2. The van der Waals surface area contributed by atoms with Crippen molar-refractivity contribution in [2.45, 2.75) is 19.9 Å². The molecule has 0 fully saturated rings. The van der Waals surface area contributed by atoms with E-state index in [1.54, 1.807) is 14.2 Å². The van der Waals surface area contributed by atoms with Crippen molar-refractivity contribution in [3.63, 3.8) is 0 Å². The maximum absolute atomic E-state index is 5.65. The molecule has 0 aliphatic heterocycles. The van der Waals surface area contributed by atoms with Crippen molar-refractivity contribution in [3.05, 3.63) is 53.7 Å². The first-order chi connectivity index (χ1) is 12.8. The monoisotopic (exact) mass is 354 g/mol. The van der Waals surface area contributed by atoms with Crippen molar-refractivity contribution in [2.75, 3.05) is 27.4 Å². The zero-order valence-electron chi connectivity index (χ0n) is 15.6. The molecule has 2 aromatic carbocycles. The molecule has 1 heterocycles. The number of rotatable bonds is 9. The molecule has 0 spiro atoms. The number of para-hydroxylation sites is 1. The van der Waals surface area contributed by atoms with Gasteiger partial charge in [0.2, 0.25) is 5.75 Å². The van der Waals surface area contributed by atoms with Crippen molar-refractivity contribution in [2.24, 2.45) is 0 Å². The summed E-state index contributed by atoms with van der Waals surface area (Å²) in [6, 6.07) is 12.4. The van der Waals surface area contributed by atoms with Crippen molar-refractivity contribution >= 4 is 10.9 Å². The van der Waals surface area contributed by atoms with Gasteiger partial charge < -0.3 is 24.5 Å². The van der Waals surface area contributed by atoms with Gasteiger partial charge in [-0.2, -0.15) is 0 Å². The van der Waals surface area contributed by atoms with Gasteiger partial charge in [-0.15, -0.1) is 0 Å². The van der Waals surface area contributed by atoms with E-state index in [0.717, 1.165) is 25.1 Å². The zero-order valence-corrected chi connectivity index (χ0v) is 15.6. The second-order valence-corrected chi connectivity index (χ2v) is 6.05. The Morgan fingerprint density at radius 3 is 2.46 bits per heavy atom. The molecule has 26 heavy (non-hydrogen) atoms. The first-order valence-electron chi connectivity index (χ1n) is 8.90. The number of fused-ring (bicyclic) bond motifs is 1. The zero-order chi connectivity index (χ0) is 18.4. The molecule has 0 radical (unpaired) electrons. The van der Waals surface area contributed by atoms with E-state index in [0.29, 0.717) is 23.9 Å². The van der Waals surface area contributed by atoms with Gasteiger partial charge in [0, 0.05) is 23.6 Å². The normalized spacial score (nSPS) is 10.9. The Labute approximate surface area is 154 Å². The Kier molecular flexibility index (Phi) is 6.02. The number of benzene rings is 2. The van der Waals surface area contributed by atoms with Crippen LogP contribution in [0.1, 0.15) is 18.1 Å². The summed E-state index contributed by atoms with van der Waals surface area (Å²) in [7, 11) is 3.29. The van der Waals surface area contributed by atoms with Crippen LogP contribution in [0, 0.1) is 0 Å². The van der Waals surface area contributed by atoms with E-state index in [2.05, 4.69) is 34.7 Å². The number of hydrogen-bond donors (Lipinski definition) is 2. The molecule has 5 heteroatoms. The Bertz CT molecular complexity index is 832. The van der Waals surface area contributed by atoms with Crippen LogP contribution in [0.2, 0.25) is 0 Å². The molecule has 5 nitrogen and oxygen atoms in total. The first kappa shape index (κ1) is 18.1. The summed E-state index contributed by atoms with van der Waals surface area (Å²) in [5.41, 5.74) is 3.61. The predicted octanol–water partition coefficient (Wildman–Crippen LogP) is 3.92. The molecule has 0 amide bonds. The maximum Gasteiger partial charge on any atom is 0.203 e. The minimum Gasteiger partial charge on any atom is -0.493 e. The highest BCUT2D eigenvalue weighted by atomic mass is 16.5. The summed E-state index contributed by atoms with van der Waals surface area (Å²) in [6.07, 6.45) is 3.06. The Balaban J connectivity index is 1.62. The lowest BCUT2D eigenvalue weighted by molar-refractivity contribution is 0.288. The summed E-state index contributed by atoms with van der Waals surface area (Å²) in [4.78, 5) is 3.32. The largest absolute Gasteiger partial charge is 0.493 e. The molecule has 0 bridgehead atoms. The summed E-state index contributed by atoms with van der Waals surface area (Å²) in [5, 5.41) is 4.78. The van der Waals surface area contributed by atoms with Crippen molar-refractivity contribution in [1.82, 2.24) is 10.3 Å². The summed E-state index contributed by atoms with van der Waals surface area (Å²) in [5.74, 6) is 2.04. The van der Waals surface area contributed by atoms with Crippen LogP contribution < -0.4 is 19.5 Å². The number of H-pyrrole nitrogens is 1. The molecule has 3 rings (SSSR count). The van der Waals surface area contributed by atoms with E-state index in [4.69, 9.17) is 14.2 Å². The number of aromatic amines is 1. The van der Waals surface area contributed by atoms with Crippen LogP contribution in [0.25, 0.3) is 10.9 Å². The van der Waals surface area contributed by atoms with Gasteiger partial charge in [0.15, 0.2) is 11.5 Å². The fraction of sp³-hybridized carbons (Fsp3) is 0.333. The van der Waals surface area contributed by atoms with E-state index >= 15 is 0 Å². The summed E-state index contributed by atoms with van der Waals surface area (Å²) < 4.78 is 16.6. The van der Waals surface area contributed by atoms with Gasteiger partial charge in [-0.05, 0) is 49.2 Å². The fourth-order valence-electron chi connectivity index (χ4n) is 3.12. The average molecular weight is 354 g/mol. The lowest BCUT2D eigenvalue weighted by atomic mass is 10.1. The number of aromatic nitrogens is 1. The fourth-order valence-corrected chi connectivity index (χ4v) is 3.12. The van der Waals surface area contributed by atoms with E-state index in [1.807, 2.05) is 25.1 Å². The molecule has 138 valence electrons. The van der Waals surface area contributed by atoms with Crippen LogP contribution in [0.5, 0.6) is 17.2 Å². The van der Waals surface area contributed by atoms with Gasteiger partial charge in [-0.25, -0.2) is 0 Å². The Hall–Kier alpha value is -2.66. The topological polar surface area (TPSA) is 55.5 Å². The molecule has 0 aliphatic carbocycles. The van der Waals surface area contributed by atoms with E-state index < -0.39 is 0 Å². The molecule has 0 saturated carbocycles. The van der Waals surface area contributed by atoms with Gasteiger partial charge in [0.25, 0.3) is 0 Å². The lowest BCUT2D eigenvalue weighted by Gasteiger charge is -2.15. The molecule has 0 unspecified atom stereocenters. The van der Waals surface area contributed by atoms with E-state index in [9.17, 15) is 0 Å². The van der Waals surface area contributed by atoms with Crippen LogP contribution in [-0.4, -0.2) is 32.4 Å². The van der Waals surface area contributed by atoms with Crippen molar-refractivity contribution in [3.8, 4) is 17.2 Å². The van der Waals surface area contributed by atoms with Crippen LogP contribution >= 0.6 is 0 Å². The second kappa shape index (κ2) is 8.63. The number of hydrogen-bond acceptors (Lipinski definition) is 4. The highest BCUT2D eigenvalue weighted by Gasteiger charge is 2.13. The second-order valence-electron chi connectivity index (χ2n) is 6.05. The minimum absolute atomic E-state index is 0.564. The van der Waals surface area contributed by atoms with Gasteiger partial charge in [0.1, 0.15) is 0 Å². The molecular formula is C21H26N2O3.